The van der Waals surface area contributed by atoms with Gasteiger partial charge in [-0.3, -0.25) is 0 Å². The third-order valence-corrected chi connectivity index (χ3v) is 10.8. The number of ether oxygens (including phenoxy) is 1. The monoisotopic (exact) mass is 584 g/mol. The second-order valence-corrected chi connectivity index (χ2v) is 16.4. The second kappa shape index (κ2) is 11.2. The predicted molar refractivity (Wildman–Crippen MR) is 151 cm³/mol. The number of morpholine rings is 1. The summed E-state index contributed by atoms with van der Waals surface area (Å²) in [6, 6.07) is 4.73. The van der Waals surface area contributed by atoms with Crippen LogP contribution in [-0.4, -0.2) is 68.3 Å². The van der Waals surface area contributed by atoms with Crippen molar-refractivity contribution in [1.82, 2.24) is 15.0 Å². The SMILES string of the molecule is CC(C)S(=O)(=O)c1cc(P(C)(C)=O)ccc1Nc1nc(NCc2cnc(N3CCOCC3)s2)ncc1Cl. The highest BCUT2D eigenvalue weighted by atomic mass is 35.5. The lowest BCUT2D eigenvalue weighted by Crippen LogP contribution is -2.36. The van der Waals surface area contributed by atoms with Gasteiger partial charge >= 0.3 is 0 Å². The topological polar surface area (TPSA) is 126 Å². The molecule has 0 aliphatic carbocycles. The number of thiazole rings is 1. The third-order valence-electron chi connectivity index (χ3n) is 5.76. The zero-order valence-electron chi connectivity index (χ0n) is 21.1. The van der Waals surface area contributed by atoms with Crippen molar-refractivity contribution in [3.05, 3.63) is 40.5 Å². The summed E-state index contributed by atoms with van der Waals surface area (Å²) in [5, 5.41) is 7.21. The predicted octanol–water partition coefficient (Wildman–Crippen LogP) is 4.21. The first-order valence-corrected chi connectivity index (χ1v) is 17.0. The number of sulfone groups is 1. The van der Waals surface area contributed by atoms with Gasteiger partial charge in [-0.25, -0.2) is 18.4 Å². The molecule has 2 aromatic heterocycles. The van der Waals surface area contributed by atoms with E-state index in [0.717, 1.165) is 23.1 Å². The van der Waals surface area contributed by atoms with E-state index in [1.54, 1.807) is 50.6 Å². The van der Waals surface area contributed by atoms with E-state index in [1.165, 1.54) is 12.3 Å². The molecule has 0 bridgehead atoms. The van der Waals surface area contributed by atoms with Crippen molar-refractivity contribution >= 4 is 67.8 Å². The van der Waals surface area contributed by atoms with Crippen LogP contribution in [0.2, 0.25) is 5.02 Å². The number of aromatic nitrogens is 3. The summed E-state index contributed by atoms with van der Waals surface area (Å²) < 4.78 is 44.3. The van der Waals surface area contributed by atoms with Gasteiger partial charge in [-0.15, -0.1) is 11.3 Å². The van der Waals surface area contributed by atoms with Crippen LogP contribution in [0.1, 0.15) is 18.7 Å². The van der Waals surface area contributed by atoms with Crippen molar-refractivity contribution in [3.8, 4) is 0 Å². The van der Waals surface area contributed by atoms with Gasteiger partial charge in [0.2, 0.25) is 5.95 Å². The molecule has 0 radical (unpaired) electrons. The molecule has 0 atom stereocenters. The van der Waals surface area contributed by atoms with Crippen LogP contribution in [0.15, 0.2) is 35.5 Å². The summed E-state index contributed by atoms with van der Waals surface area (Å²) in [5.74, 6) is 0.575. The van der Waals surface area contributed by atoms with E-state index in [-0.39, 0.29) is 15.7 Å². The van der Waals surface area contributed by atoms with E-state index in [4.69, 9.17) is 16.3 Å². The molecule has 0 spiro atoms. The van der Waals surface area contributed by atoms with Crippen molar-refractivity contribution in [1.29, 1.82) is 0 Å². The Kier molecular flexibility index (Phi) is 8.45. The molecule has 0 amide bonds. The molecule has 2 N–H and O–H groups in total. The molecular formula is C23H30ClN6O4PS2. The lowest BCUT2D eigenvalue weighted by atomic mass is 10.3. The maximum Gasteiger partial charge on any atom is 0.225 e. The molecule has 200 valence electrons. The molecule has 3 heterocycles. The van der Waals surface area contributed by atoms with Crippen molar-refractivity contribution in [3.63, 3.8) is 0 Å². The summed E-state index contributed by atoms with van der Waals surface area (Å²) in [7, 11) is -6.37. The first-order valence-electron chi connectivity index (χ1n) is 11.7. The minimum Gasteiger partial charge on any atom is -0.378 e. The summed E-state index contributed by atoms with van der Waals surface area (Å²) in [6.07, 6.45) is 3.27. The lowest BCUT2D eigenvalue weighted by molar-refractivity contribution is 0.122. The van der Waals surface area contributed by atoms with Gasteiger partial charge in [-0.05, 0) is 45.4 Å². The van der Waals surface area contributed by atoms with Crippen LogP contribution >= 0.6 is 30.1 Å². The molecule has 0 saturated carbocycles. The molecule has 3 aromatic rings. The van der Waals surface area contributed by atoms with Crippen molar-refractivity contribution in [2.24, 2.45) is 0 Å². The van der Waals surface area contributed by atoms with Crippen LogP contribution in [0.4, 0.5) is 22.6 Å². The fourth-order valence-electron chi connectivity index (χ4n) is 3.55. The van der Waals surface area contributed by atoms with Crippen LogP contribution in [0, 0.1) is 0 Å². The zero-order valence-corrected chi connectivity index (χ0v) is 24.3. The maximum atomic E-state index is 13.1. The van der Waals surface area contributed by atoms with E-state index in [9.17, 15) is 13.0 Å². The molecular weight excluding hydrogens is 555 g/mol. The van der Waals surface area contributed by atoms with E-state index in [2.05, 4.69) is 30.5 Å². The first-order chi connectivity index (χ1) is 17.4. The molecule has 10 nitrogen and oxygen atoms in total. The molecule has 1 aliphatic heterocycles. The Morgan fingerprint density at radius 2 is 1.92 bits per heavy atom. The Morgan fingerprint density at radius 1 is 1.19 bits per heavy atom. The Hall–Kier alpha value is -2.24. The van der Waals surface area contributed by atoms with E-state index in [1.807, 2.05) is 6.20 Å². The van der Waals surface area contributed by atoms with Crippen LogP contribution in [0.5, 0.6) is 0 Å². The lowest BCUT2D eigenvalue weighted by Gasteiger charge is -2.25. The number of benzene rings is 1. The van der Waals surface area contributed by atoms with Gasteiger partial charge in [0.05, 0.1) is 41.8 Å². The normalized spacial score (nSPS) is 14.7. The average Bonchev–Trinajstić information content (AvgIpc) is 3.33. The van der Waals surface area contributed by atoms with Crippen molar-refractivity contribution < 1.29 is 17.7 Å². The number of nitrogens with zero attached hydrogens (tertiary/aromatic N) is 4. The number of anilines is 4. The average molecular weight is 585 g/mol. The number of rotatable bonds is 9. The molecule has 0 unspecified atom stereocenters. The Balaban J connectivity index is 1.55. The van der Waals surface area contributed by atoms with E-state index < -0.39 is 22.2 Å². The van der Waals surface area contributed by atoms with Gasteiger partial charge in [0.1, 0.15) is 12.2 Å². The van der Waals surface area contributed by atoms with Gasteiger partial charge in [0.15, 0.2) is 20.8 Å². The number of hydrogen-bond acceptors (Lipinski definition) is 11. The Bertz CT molecular complexity index is 1420. The number of nitrogens with one attached hydrogen (secondary N) is 2. The van der Waals surface area contributed by atoms with Gasteiger partial charge < -0.3 is 24.8 Å². The van der Waals surface area contributed by atoms with Crippen molar-refractivity contribution in [2.45, 2.75) is 30.5 Å². The Labute approximate surface area is 226 Å². The molecule has 1 aliphatic rings. The molecule has 1 saturated heterocycles. The van der Waals surface area contributed by atoms with Crippen LogP contribution < -0.4 is 20.8 Å². The van der Waals surface area contributed by atoms with E-state index in [0.29, 0.717) is 36.7 Å². The molecule has 14 heteroatoms. The molecule has 37 heavy (non-hydrogen) atoms. The van der Waals surface area contributed by atoms with Crippen LogP contribution in [0.3, 0.4) is 0 Å². The second-order valence-electron chi connectivity index (χ2n) is 9.20. The summed E-state index contributed by atoms with van der Waals surface area (Å²) in [6.45, 7) is 9.91. The first kappa shape index (κ1) is 27.8. The van der Waals surface area contributed by atoms with Gasteiger partial charge in [-0.2, -0.15) is 4.98 Å². The van der Waals surface area contributed by atoms with Gasteiger partial charge in [-0.1, -0.05) is 11.6 Å². The smallest absolute Gasteiger partial charge is 0.225 e. The minimum atomic E-state index is -3.69. The molecule has 1 aromatic carbocycles. The molecule has 1 fully saturated rings. The van der Waals surface area contributed by atoms with Gasteiger partial charge in [0.25, 0.3) is 0 Å². The summed E-state index contributed by atoms with van der Waals surface area (Å²) in [4.78, 5) is 16.5. The molecule has 4 rings (SSSR count). The number of hydrogen-bond donors (Lipinski definition) is 2. The number of halogens is 1. The summed E-state index contributed by atoms with van der Waals surface area (Å²) >= 11 is 7.94. The van der Waals surface area contributed by atoms with Crippen LogP contribution in [0.25, 0.3) is 0 Å². The highest BCUT2D eigenvalue weighted by Crippen LogP contribution is 2.38. The van der Waals surface area contributed by atoms with Crippen molar-refractivity contribution in [2.75, 3.05) is 55.2 Å². The quantitative estimate of drug-likeness (QED) is 0.353. The highest BCUT2D eigenvalue weighted by molar-refractivity contribution is 7.92. The maximum absolute atomic E-state index is 13.1. The third kappa shape index (κ3) is 6.61. The standard InChI is InChI=1S/C23H30ClN6O4PS2/c1-15(2)37(32,33)20-11-16(35(3,4)31)5-6-19(20)28-21-18(24)14-26-22(29-21)25-12-17-13-27-23(36-17)30-7-9-34-10-8-30/h5-6,11,13-15H,7-10,12H2,1-4H3,(H2,25,26,28,29). The fraction of sp³-hybridized carbons (Fsp3) is 0.435. The van der Waals surface area contributed by atoms with E-state index >= 15 is 0 Å². The Morgan fingerprint density at radius 3 is 2.59 bits per heavy atom. The zero-order chi connectivity index (χ0) is 26.8. The fourth-order valence-corrected chi connectivity index (χ4v) is 6.78. The summed E-state index contributed by atoms with van der Waals surface area (Å²) in [5.41, 5.74) is 0.301. The minimum absolute atomic E-state index is 0.0495. The highest BCUT2D eigenvalue weighted by Gasteiger charge is 2.26. The largest absolute Gasteiger partial charge is 0.378 e. The van der Waals surface area contributed by atoms with Gasteiger partial charge in [0, 0.05) is 29.5 Å². The van der Waals surface area contributed by atoms with Crippen LogP contribution in [-0.2, 0) is 25.7 Å².